The first-order valence-electron chi connectivity index (χ1n) is 7.69. The van der Waals surface area contributed by atoms with Crippen molar-refractivity contribution in [1.82, 2.24) is 9.78 Å². The van der Waals surface area contributed by atoms with Crippen LogP contribution in [0.1, 0.15) is 36.0 Å². The Balaban J connectivity index is 1.87. The van der Waals surface area contributed by atoms with Gasteiger partial charge in [0.15, 0.2) is 0 Å². The van der Waals surface area contributed by atoms with E-state index in [1.165, 1.54) is 11.3 Å². The van der Waals surface area contributed by atoms with Crippen LogP contribution in [0, 0.1) is 0 Å². The molecule has 2 aromatic rings. The molecule has 1 aliphatic rings. The Morgan fingerprint density at radius 3 is 2.78 bits per heavy atom. The van der Waals surface area contributed by atoms with Crippen molar-refractivity contribution in [3.05, 3.63) is 34.6 Å². The van der Waals surface area contributed by atoms with Gasteiger partial charge in [0.1, 0.15) is 5.01 Å². The topological polar surface area (TPSA) is 93.5 Å². The Bertz CT molecular complexity index is 763. The summed E-state index contributed by atoms with van der Waals surface area (Å²) >= 11 is 1.51. The largest absolute Gasteiger partial charge is 0.393 e. The molecule has 3 rings (SSSR count). The van der Waals surface area contributed by atoms with Crippen LogP contribution in [0.15, 0.2) is 29.3 Å². The number of aromatic nitrogens is 2. The lowest BCUT2D eigenvalue weighted by Crippen LogP contribution is -2.25. The number of nitrogens with zero attached hydrogens (tertiary/aromatic N) is 3. The molecule has 1 amide bonds. The number of carbonyl (C=O) groups is 1. The molecule has 1 aromatic heterocycles. The van der Waals surface area contributed by atoms with E-state index in [1.54, 1.807) is 16.8 Å². The summed E-state index contributed by atoms with van der Waals surface area (Å²) in [5.41, 5.74) is 6.67. The first kappa shape index (κ1) is 15.9. The quantitative estimate of drug-likeness (QED) is 0.891. The van der Waals surface area contributed by atoms with E-state index < -0.39 is 5.91 Å². The summed E-state index contributed by atoms with van der Waals surface area (Å²) in [6, 6.07) is 7.25. The summed E-state index contributed by atoms with van der Waals surface area (Å²) in [5, 5.41) is 15.1. The van der Waals surface area contributed by atoms with E-state index in [4.69, 9.17) is 10.7 Å². The molecule has 6 nitrogen and oxygen atoms in total. The molecule has 1 aromatic carbocycles. The van der Waals surface area contributed by atoms with Crippen LogP contribution in [-0.2, 0) is 7.05 Å². The molecule has 1 fully saturated rings. The second-order valence-electron chi connectivity index (χ2n) is 5.86. The monoisotopic (exact) mass is 332 g/mol. The second kappa shape index (κ2) is 6.64. The van der Waals surface area contributed by atoms with Gasteiger partial charge in [-0.2, -0.15) is 5.10 Å². The highest BCUT2D eigenvalue weighted by Crippen LogP contribution is 2.22. The summed E-state index contributed by atoms with van der Waals surface area (Å²) < 4.78 is 1.77. The van der Waals surface area contributed by atoms with Gasteiger partial charge < -0.3 is 10.8 Å². The number of aliphatic hydroxyl groups excluding tert-OH is 1. The molecule has 0 bridgehead atoms. The highest BCUT2D eigenvalue weighted by Gasteiger charge is 2.19. The standard InChI is InChI=1S/C16H20N4O2S/c1-20-16(18-12-3-2-4-13(21)9-12)23-15(19-20)11-7-5-10(6-8-11)14(17)22/h5-8,12-13,21H,2-4,9H2,1H3,(H2,17,22)/t12-,13+/m1/s1. The van der Waals surface area contributed by atoms with E-state index in [2.05, 4.69) is 5.10 Å². The molecule has 0 aliphatic heterocycles. The molecular formula is C16H20N4O2S. The number of aryl methyl sites for hydroxylation is 1. The molecule has 23 heavy (non-hydrogen) atoms. The van der Waals surface area contributed by atoms with Crippen molar-refractivity contribution in [3.8, 4) is 10.6 Å². The number of rotatable bonds is 3. The van der Waals surface area contributed by atoms with E-state index in [0.29, 0.717) is 5.56 Å². The summed E-state index contributed by atoms with van der Waals surface area (Å²) in [5.74, 6) is -0.437. The van der Waals surface area contributed by atoms with Crippen LogP contribution in [0.25, 0.3) is 10.6 Å². The maximum atomic E-state index is 11.1. The van der Waals surface area contributed by atoms with E-state index in [9.17, 15) is 9.90 Å². The average molecular weight is 332 g/mol. The van der Waals surface area contributed by atoms with E-state index in [1.807, 2.05) is 19.2 Å². The maximum absolute atomic E-state index is 11.1. The minimum absolute atomic E-state index is 0.162. The molecule has 0 unspecified atom stereocenters. The van der Waals surface area contributed by atoms with Crippen molar-refractivity contribution < 1.29 is 9.90 Å². The van der Waals surface area contributed by atoms with Crippen molar-refractivity contribution in [2.45, 2.75) is 37.8 Å². The Labute approximate surface area is 138 Å². The van der Waals surface area contributed by atoms with Gasteiger partial charge in [-0.15, -0.1) is 0 Å². The maximum Gasteiger partial charge on any atom is 0.248 e. The molecule has 1 saturated carbocycles. The summed E-state index contributed by atoms with van der Waals surface area (Å²) in [6.45, 7) is 0. The van der Waals surface area contributed by atoms with Crippen molar-refractivity contribution in [2.24, 2.45) is 17.8 Å². The summed E-state index contributed by atoms with van der Waals surface area (Å²) in [7, 11) is 1.87. The molecule has 0 radical (unpaired) electrons. The van der Waals surface area contributed by atoms with E-state index >= 15 is 0 Å². The molecule has 7 heteroatoms. The lowest BCUT2D eigenvalue weighted by molar-refractivity contribution is 0.1000. The predicted octanol–water partition coefficient (Wildman–Crippen LogP) is 1.45. The van der Waals surface area contributed by atoms with E-state index in [0.717, 1.165) is 41.1 Å². The van der Waals surface area contributed by atoms with Gasteiger partial charge in [0.25, 0.3) is 0 Å². The Kier molecular flexibility index (Phi) is 4.58. The molecule has 122 valence electrons. The lowest BCUT2D eigenvalue weighted by atomic mass is 9.94. The van der Waals surface area contributed by atoms with Gasteiger partial charge in [-0.3, -0.25) is 9.79 Å². The SMILES string of the molecule is Cn1nc(-c2ccc(C(N)=O)cc2)sc1=N[C@@H]1CCC[C@H](O)C1. The fourth-order valence-corrected chi connectivity index (χ4v) is 3.73. The van der Waals surface area contributed by atoms with Gasteiger partial charge >= 0.3 is 0 Å². The van der Waals surface area contributed by atoms with Gasteiger partial charge in [0.2, 0.25) is 10.7 Å². The van der Waals surface area contributed by atoms with Crippen molar-refractivity contribution in [3.63, 3.8) is 0 Å². The number of hydrogen-bond acceptors (Lipinski definition) is 5. The van der Waals surface area contributed by atoms with Crippen molar-refractivity contribution >= 4 is 17.2 Å². The number of amides is 1. The summed E-state index contributed by atoms with van der Waals surface area (Å²) in [6.07, 6.45) is 3.38. The lowest BCUT2D eigenvalue weighted by Gasteiger charge is -2.22. The van der Waals surface area contributed by atoms with Gasteiger partial charge in [-0.25, -0.2) is 4.68 Å². The minimum atomic E-state index is -0.437. The fraction of sp³-hybridized carbons (Fsp3) is 0.438. The van der Waals surface area contributed by atoms with Crippen LogP contribution in [0.4, 0.5) is 0 Å². The van der Waals surface area contributed by atoms with E-state index in [-0.39, 0.29) is 12.1 Å². The highest BCUT2D eigenvalue weighted by atomic mass is 32.1. The Morgan fingerprint density at radius 2 is 2.13 bits per heavy atom. The number of hydrogen-bond donors (Lipinski definition) is 2. The zero-order chi connectivity index (χ0) is 16.4. The first-order valence-corrected chi connectivity index (χ1v) is 8.51. The van der Waals surface area contributed by atoms with Gasteiger partial charge in [0, 0.05) is 18.2 Å². The Morgan fingerprint density at radius 1 is 1.39 bits per heavy atom. The van der Waals surface area contributed by atoms with Crippen LogP contribution < -0.4 is 10.5 Å². The fourth-order valence-electron chi connectivity index (χ4n) is 2.77. The van der Waals surface area contributed by atoms with Gasteiger partial charge in [0.05, 0.1) is 12.1 Å². The molecule has 3 N–H and O–H groups in total. The third kappa shape index (κ3) is 3.68. The van der Waals surface area contributed by atoms with Crippen LogP contribution in [0.3, 0.4) is 0 Å². The molecule has 0 spiro atoms. The third-order valence-corrected chi connectivity index (χ3v) is 5.10. The molecule has 1 aliphatic carbocycles. The third-order valence-electron chi connectivity index (χ3n) is 4.03. The van der Waals surface area contributed by atoms with Crippen molar-refractivity contribution in [1.29, 1.82) is 0 Å². The highest BCUT2D eigenvalue weighted by molar-refractivity contribution is 7.12. The van der Waals surface area contributed by atoms with Gasteiger partial charge in [-0.1, -0.05) is 23.5 Å². The van der Waals surface area contributed by atoms with Crippen molar-refractivity contribution in [2.75, 3.05) is 0 Å². The molecule has 0 saturated heterocycles. The first-order chi connectivity index (χ1) is 11.0. The number of aliphatic hydroxyl groups is 1. The predicted molar refractivity (Wildman–Crippen MR) is 88.9 cm³/mol. The minimum Gasteiger partial charge on any atom is -0.393 e. The van der Waals surface area contributed by atoms with Crippen LogP contribution in [0.2, 0.25) is 0 Å². The number of benzene rings is 1. The van der Waals surface area contributed by atoms with Crippen LogP contribution >= 0.6 is 11.3 Å². The van der Waals surface area contributed by atoms with Crippen LogP contribution in [0.5, 0.6) is 0 Å². The molecule has 2 atom stereocenters. The smallest absolute Gasteiger partial charge is 0.248 e. The number of nitrogens with two attached hydrogens (primary N) is 1. The average Bonchev–Trinajstić information content (AvgIpc) is 2.88. The zero-order valence-electron chi connectivity index (χ0n) is 13.0. The Hall–Kier alpha value is -1.99. The second-order valence-corrected chi connectivity index (χ2v) is 6.81. The van der Waals surface area contributed by atoms with Crippen LogP contribution in [-0.4, -0.2) is 32.9 Å². The molecule has 1 heterocycles. The molecular weight excluding hydrogens is 312 g/mol. The van der Waals surface area contributed by atoms with Gasteiger partial charge in [-0.05, 0) is 37.8 Å². The normalized spacial score (nSPS) is 22.3. The number of primary amides is 1. The summed E-state index contributed by atoms with van der Waals surface area (Å²) in [4.78, 5) is 16.7. The number of carbonyl (C=O) groups excluding carboxylic acids is 1. The zero-order valence-corrected chi connectivity index (χ0v) is 13.8.